The van der Waals surface area contributed by atoms with Crippen molar-refractivity contribution in [1.29, 1.82) is 0 Å². The number of hydrogen-bond acceptors (Lipinski definition) is 3. The molecule has 1 aliphatic carbocycles. The highest BCUT2D eigenvalue weighted by Crippen LogP contribution is 2.49. The normalized spacial score (nSPS) is 20.1. The summed E-state index contributed by atoms with van der Waals surface area (Å²) in [7, 11) is 0. The topological polar surface area (TPSA) is 33.6 Å². The van der Waals surface area contributed by atoms with E-state index in [9.17, 15) is 0 Å². The smallest absolute Gasteiger partial charge is 0.119 e. The molecule has 3 heteroatoms. The first kappa shape index (κ1) is 22.4. The lowest BCUT2D eigenvalue weighted by Gasteiger charge is -2.37. The van der Waals surface area contributed by atoms with E-state index in [1.54, 1.807) is 0 Å². The van der Waals surface area contributed by atoms with Gasteiger partial charge in [-0.05, 0) is 84.0 Å². The van der Waals surface area contributed by atoms with Gasteiger partial charge in [0.1, 0.15) is 12.4 Å². The summed E-state index contributed by atoms with van der Waals surface area (Å²) in [5.74, 6) is 1.91. The minimum absolute atomic E-state index is 0.311. The maximum absolute atomic E-state index is 5.92. The molecule has 0 radical (unpaired) electrons. The maximum Gasteiger partial charge on any atom is 0.119 e. The molecule has 1 aliphatic heterocycles. The van der Waals surface area contributed by atoms with Crippen LogP contribution in [-0.2, 0) is 6.61 Å². The Labute approximate surface area is 213 Å². The number of aryl methyl sites for hydroxylation is 1. The van der Waals surface area contributed by atoms with Crippen LogP contribution in [0.25, 0.3) is 0 Å². The van der Waals surface area contributed by atoms with Crippen molar-refractivity contribution in [2.24, 2.45) is 10.9 Å². The zero-order valence-corrected chi connectivity index (χ0v) is 20.5. The summed E-state index contributed by atoms with van der Waals surface area (Å²) < 4.78 is 5.92. The van der Waals surface area contributed by atoms with E-state index in [2.05, 4.69) is 97.2 Å². The summed E-state index contributed by atoms with van der Waals surface area (Å²) in [5, 5.41) is 3.80. The van der Waals surface area contributed by atoms with Crippen molar-refractivity contribution in [2.75, 3.05) is 5.32 Å². The molecule has 4 aromatic carbocycles. The highest BCUT2D eigenvalue weighted by atomic mass is 16.5. The third-order valence-electron chi connectivity index (χ3n) is 7.29. The van der Waals surface area contributed by atoms with E-state index in [1.807, 2.05) is 30.5 Å². The third-order valence-corrected chi connectivity index (χ3v) is 7.29. The number of nitrogens with zero attached hydrogens (tertiary/aromatic N) is 1. The average Bonchev–Trinajstić information content (AvgIpc) is 3.43. The second-order valence-electron chi connectivity index (χ2n) is 9.76. The van der Waals surface area contributed by atoms with Crippen LogP contribution in [-0.4, -0.2) is 6.21 Å². The van der Waals surface area contributed by atoms with Gasteiger partial charge in [0, 0.05) is 17.8 Å². The molecular weight excluding hydrogens is 440 g/mol. The van der Waals surface area contributed by atoms with Crippen molar-refractivity contribution in [3.05, 3.63) is 137 Å². The molecule has 178 valence electrons. The van der Waals surface area contributed by atoms with Crippen molar-refractivity contribution < 1.29 is 4.74 Å². The Kier molecular flexibility index (Phi) is 6.13. The summed E-state index contributed by atoms with van der Waals surface area (Å²) in [6.45, 7) is 2.66. The molecular formula is C33H30N2O. The minimum Gasteiger partial charge on any atom is -0.489 e. The molecule has 0 saturated heterocycles. The highest BCUT2D eigenvalue weighted by Gasteiger charge is 2.37. The van der Waals surface area contributed by atoms with Crippen LogP contribution in [0.1, 0.15) is 46.2 Å². The van der Waals surface area contributed by atoms with Crippen molar-refractivity contribution in [1.82, 2.24) is 0 Å². The largest absolute Gasteiger partial charge is 0.489 e. The van der Waals surface area contributed by atoms with Crippen molar-refractivity contribution in [3.63, 3.8) is 0 Å². The Hall–Kier alpha value is -4.11. The van der Waals surface area contributed by atoms with E-state index in [0.29, 0.717) is 24.5 Å². The van der Waals surface area contributed by atoms with Crippen LogP contribution in [0.2, 0.25) is 0 Å². The van der Waals surface area contributed by atoms with Gasteiger partial charge in [-0.15, -0.1) is 0 Å². The van der Waals surface area contributed by atoms with Gasteiger partial charge in [0.15, 0.2) is 0 Å². The molecule has 1 N–H and O–H groups in total. The molecule has 6 rings (SSSR count). The van der Waals surface area contributed by atoms with Crippen LogP contribution in [0.4, 0.5) is 11.4 Å². The van der Waals surface area contributed by atoms with Crippen molar-refractivity contribution >= 4 is 17.6 Å². The Balaban J connectivity index is 1.10. The van der Waals surface area contributed by atoms with Crippen LogP contribution in [0.15, 0.2) is 114 Å². The zero-order chi connectivity index (χ0) is 24.3. The second kappa shape index (κ2) is 9.87. The summed E-state index contributed by atoms with van der Waals surface area (Å²) in [6.07, 6.45) is 7.74. The molecule has 0 spiro atoms. The standard InChI is InChI=1S/C33H30N2O/c1-23-9-11-25(12-10-23)22-36-28-19-13-24(14-20-28)21-34-27-17-15-26(16-18-27)33-31-7-4-6-29(31)30-5-2-3-8-32(30)35-33/h2-6,8-21,29,31,33,35H,7,22H2,1H3/t29-,31-,33-/m0/s1. The predicted molar refractivity (Wildman–Crippen MR) is 148 cm³/mol. The van der Waals surface area contributed by atoms with Gasteiger partial charge >= 0.3 is 0 Å². The van der Waals surface area contributed by atoms with Crippen LogP contribution in [0.5, 0.6) is 5.75 Å². The molecule has 0 fully saturated rings. The van der Waals surface area contributed by atoms with Gasteiger partial charge in [-0.25, -0.2) is 0 Å². The minimum atomic E-state index is 0.311. The summed E-state index contributed by atoms with van der Waals surface area (Å²) >= 11 is 0. The number of anilines is 1. The third kappa shape index (κ3) is 4.70. The number of hydrogen-bond donors (Lipinski definition) is 1. The van der Waals surface area contributed by atoms with E-state index in [0.717, 1.165) is 23.4 Å². The van der Waals surface area contributed by atoms with E-state index in [-0.39, 0.29) is 0 Å². The summed E-state index contributed by atoms with van der Waals surface area (Å²) in [5.41, 5.74) is 8.42. The number of aliphatic imine (C=N–C) groups is 1. The van der Waals surface area contributed by atoms with Gasteiger partial charge in [-0.2, -0.15) is 0 Å². The maximum atomic E-state index is 5.92. The van der Waals surface area contributed by atoms with Gasteiger partial charge in [-0.1, -0.05) is 72.3 Å². The van der Waals surface area contributed by atoms with Crippen molar-refractivity contribution in [2.45, 2.75) is 31.9 Å². The van der Waals surface area contributed by atoms with E-state index in [1.165, 1.54) is 27.9 Å². The fourth-order valence-corrected chi connectivity index (χ4v) is 5.29. The van der Waals surface area contributed by atoms with Gasteiger partial charge in [0.25, 0.3) is 0 Å². The molecule has 4 aromatic rings. The molecule has 0 aromatic heterocycles. The molecule has 36 heavy (non-hydrogen) atoms. The molecule has 2 aliphatic rings. The molecule has 1 heterocycles. The molecule has 3 atom stereocenters. The average molecular weight is 471 g/mol. The summed E-state index contributed by atoms with van der Waals surface area (Å²) in [4.78, 5) is 4.70. The lowest BCUT2D eigenvalue weighted by molar-refractivity contribution is 0.306. The Morgan fingerprint density at radius 3 is 2.47 bits per heavy atom. The number of ether oxygens (including phenoxy) is 1. The van der Waals surface area contributed by atoms with E-state index >= 15 is 0 Å². The van der Waals surface area contributed by atoms with Crippen LogP contribution >= 0.6 is 0 Å². The molecule has 3 nitrogen and oxygen atoms in total. The zero-order valence-electron chi connectivity index (χ0n) is 20.5. The van der Waals surface area contributed by atoms with Gasteiger partial charge < -0.3 is 10.1 Å². The van der Waals surface area contributed by atoms with E-state index < -0.39 is 0 Å². The Bertz CT molecular complexity index is 1390. The molecule has 0 saturated carbocycles. The number of fused-ring (bicyclic) bond motifs is 3. The van der Waals surface area contributed by atoms with Crippen LogP contribution < -0.4 is 10.1 Å². The summed E-state index contributed by atoms with van der Waals surface area (Å²) in [6, 6.07) is 34.2. The Morgan fingerprint density at radius 1 is 0.889 bits per heavy atom. The van der Waals surface area contributed by atoms with Crippen LogP contribution in [0.3, 0.4) is 0 Å². The molecule has 0 bridgehead atoms. The Morgan fingerprint density at radius 2 is 1.67 bits per heavy atom. The lowest BCUT2D eigenvalue weighted by Crippen LogP contribution is -2.28. The lowest BCUT2D eigenvalue weighted by atomic mass is 9.77. The number of para-hydroxylation sites is 1. The number of allylic oxidation sites excluding steroid dienone is 2. The first-order valence-corrected chi connectivity index (χ1v) is 12.7. The quantitative estimate of drug-likeness (QED) is 0.228. The molecule has 0 unspecified atom stereocenters. The fraction of sp³-hybridized carbons (Fsp3) is 0.182. The SMILES string of the molecule is Cc1ccc(COc2ccc(C=Nc3ccc([C@@H]4Nc5ccccc5[C@@H]5C=CC[C@@H]54)cc3)cc2)cc1. The molecule has 0 amide bonds. The van der Waals surface area contributed by atoms with E-state index in [4.69, 9.17) is 9.73 Å². The number of nitrogens with one attached hydrogen (secondary N) is 1. The van der Waals surface area contributed by atoms with Gasteiger partial charge in [0.2, 0.25) is 0 Å². The fourth-order valence-electron chi connectivity index (χ4n) is 5.29. The number of benzene rings is 4. The monoisotopic (exact) mass is 470 g/mol. The first-order valence-electron chi connectivity index (χ1n) is 12.7. The van der Waals surface area contributed by atoms with Crippen molar-refractivity contribution in [3.8, 4) is 5.75 Å². The van der Waals surface area contributed by atoms with Gasteiger partial charge in [0.05, 0.1) is 11.7 Å². The first-order chi connectivity index (χ1) is 17.7. The van der Waals surface area contributed by atoms with Crippen LogP contribution in [0, 0.1) is 12.8 Å². The highest BCUT2D eigenvalue weighted by molar-refractivity contribution is 5.82. The predicted octanol–water partition coefficient (Wildman–Crippen LogP) is 8.15. The number of rotatable bonds is 6. The second-order valence-corrected chi connectivity index (χ2v) is 9.76. The van der Waals surface area contributed by atoms with Gasteiger partial charge in [-0.3, -0.25) is 4.99 Å².